The minimum absolute atomic E-state index is 0.0649. The fourth-order valence-electron chi connectivity index (χ4n) is 3.97. The Bertz CT molecular complexity index is 1650. The summed E-state index contributed by atoms with van der Waals surface area (Å²) in [6.07, 6.45) is 0. The zero-order valence-electron chi connectivity index (χ0n) is 20.9. The SMILES string of the molecule is Cc1cc(C(=O)Nc2ccccc2C(=O)Nc2n[nH]c3cc(C(=O)NC(C)(C)c4ccccc4)oc23)n[nH]1. The van der Waals surface area contributed by atoms with E-state index in [2.05, 4.69) is 36.3 Å². The van der Waals surface area contributed by atoms with Crippen LogP contribution in [0.5, 0.6) is 0 Å². The molecule has 11 heteroatoms. The van der Waals surface area contributed by atoms with Gasteiger partial charge in [-0.3, -0.25) is 24.6 Å². The van der Waals surface area contributed by atoms with Crippen LogP contribution < -0.4 is 16.0 Å². The van der Waals surface area contributed by atoms with E-state index in [0.29, 0.717) is 11.2 Å². The fourth-order valence-corrected chi connectivity index (χ4v) is 3.97. The summed E-state index contributed by atoms with van der Waals surface area (Å²) in [4.78, 5) is 38.6. The number of fused-ring (bicyclic) bond motifs is 1. The second-order valence-corrected chi connectivity index (χ2v) is 9.26. The van der Waals surface area contributed by atoms with Gasteiger partial charge in [0.25, 0.3) is 17.7 Å². The molecule has 3 amide bonds. The number of aromatic amines is 2. The molecule has 5 N–H and O–H groups in total. The lowest BCUT2D eigenvalue weighted by atomic mass is 9.94. The zero-order chi connectivity index (χ0) is 26.9. The van der Waals surface area contributed by atoms with E-state index in [9.17, 15) is 14.4 Å². The first-order valence-electron chi connectivity index (χ1n) is 11.8. The first-order valence-corrected chi connectivity index (χ1v) is 11.8. The van der Waals surface area contributed by atoms with E-state index in [0.717, 1.165) is 11.3 Å². The van der Waals surface area contributed by atoms with Crippen molar-refractivity contribution >= 4 is 40.3 Å². The second-order valence-electron chi connectivity index (χ2n) is 9.26. The van der Waals surface area contributed by atoms with Crippen molar-refractivity contribution in [2.45, 2.75) is 26.3 Å². The highest BCUT2D eigenvalue weighted by Gasteiger charge is 2.26. The minimum Gasteiger partial charge on any atom is -0.445 e. The van der Waals surface area contributed by atoms with E-state index in [1.807, 2.05) is 44.2 Å². The van der Waals surface area contributed by atoms with Gasteiger partial charge in [0.05, 0.1) is 16.8 Å². The molecule has 3 heterocycles. The lowest BCUT2D eigenvalue weighted by Crippen LogP contribution is -2.40. The number of aryl methyl sites for hydroxylation is 1. The molecule has 0 fully saturated rings. The number of H-pyrrole nitrogens is 2. The fraction of sp³-hybridized carbons (Fsp3) is 0.148. The number of hydrogen-bond acceptors (Lipinski definition) is 6. The van der Waals surface area contributed by atoms with Crippen molar-refractivity contribution in [2.24, 2.45) is 0 Å². The summed E-state index contributed by atoms with van der Waals surface area (Å²) in [5, 5.41) is 21.9. The summed E-state index contributed by atoms with van der Waals surface area (Å²) < 4.78 is 5.77. The quantitative estimate of drug-likeness (QED) is 0.218. The van der Waals surface area contributed by atoms with Crippen LogP contribution in [0.25, 0.3) is 11.1 Å². The summed E-state index contributed by atoms with van der Waals surface area (Å²) in [6.45, 7) is 5.57. The molecule has 192 valence electrons. The van der Waals surface area contributed by atoms with Gasteiger partial charge in [0.2, 0.25) is 0 Å². The molecule has 0 aliphatic rings. The topological polar surface area (TPSA) is 158 Å². The van der Waals surface area contributed by atoms with Crippen LogP contribution in [0, 0.1) is 6.92 Å². The smallest absolute Gasteiger partial charge is 0.287 e. The van der Waals surface area contributed by atoms with Gasteiger partial charge in [-0.15, -0.1) is 0 Å². The predicted molar refractivity (Wildman–Crippen MR) is 141 cm³/mol. The third kappa shape index (κ3) is 4.89. The van der Waals surface area contributed by atoms with Crippen LogP contribution >= 0.6 is 0 Å². The number of nitrogens with one attached hydrogen (secondary N) is 5. The molecular formula is C27H25N7O4. The molecule has 0 spiro atoms. The summed E-state index contributed by atoms with van der Waals surface area (Å²) in [6, 6.07) is 19.2. The normalized spacial score (nSPS) is 11.3. The van der Waals surface area contributed by atoms with Crippen molar-refractivity contribution in [3.05, 3.63) is 95.0 Å². The Morgan fingerprint density at radius 1 is 0.842 bits per heavy atom. The van der Waals surface area contributed by atoms with E-state index in [4.69, 9.17) is 4.42 Å². The number of rotatable bonds is 7. The molecule has 0 atom stereocenters. The molecule has 0 saturated heterocycles. The Morgan fingerprint density at radius 3 is 2.32 bits per heavy atom. The lowest BCUT2D eigenvalue weighted by molar-refractivity contribution is 0.0885. The van der Waals surface area contributed by atoms with Gasteiger partial charge >= 0.3 is 0 Å². The van der Waals surface area contributed by atoms with E-state index in [1.54, 1.807) is 37.3 Å². The number of carbonyl (C=O) groups excluding carboxylic acids is 3. The number of nitrogens with zero attached hydrogens (tertiary/aromatic N) is 2. The standard InChI is InChI=1S/C27H25N7O4/c1-15-13-20(33-31-15)25(36)28-18-12-8-7-11-17(18)24(35)29-23-22-19(32-34-23)14-21(38-22)26(37)30-27(2,3)16-9-5-4-6-10-16/h4-14H,1-3H3,(H,28,36)(H,30,37)(H,31,33)(H2,29,32,34,35). The number of aromatic nitrogens is 4. The van der Waals surface area contributed by atoms with Crippen LogP contribution in [0.15, 0.2) is 71.1 Å². The Balaban J connectivity index is 1.33. The molecule has 0 radical (unpaired) electrons. The van der Waals surface area contributed by atoms with Crippen LogP contribution in [0.1, 0.15) is 56.5 Å². The molecule has 5 rings (SSSR count). The number of carbonyl (C=O) groups is 3. The molecule has 38 heavy (non-hydrogen) atoms. The average molecular weight is 512 g/mol. The maximum Gasteiger partial charge on any atom is 0.287 e. The van der Waals surface area contributed by atoms with Crippen LogP contribution in [0.2, 0.25) is 0 Å². The molecule has 11 nitrogen and oxygen atoms in total. The summed E-state index contributed by atoms with van der Waals surface area (Å²) in [5.74, 6) is -1.23. The van der Waals surface area contributed by atoms with Crippen molar-refractivity contribution in [3.63, 3.8) is 0 Å². The first-order chi connectivity index (χ1) is 18.2. The van der Waals surface area contributed by atoms with Crippen LogP contribution in [-0.4, -0.2) is 38.1 Å². The minimum atomic E-state index is -0.642. The Labute approximate surface area is 217 Å². The van der Waals surface area contributed by atoms with Gasteiger partial charge in [-0.1, -0.05) is 42.5 Å². The molecular weight excluding hydrogens is 486 g/mol. The summed E-state index contributed by atoms with van der Waals surface area (Å²) in [7, 11) is 0. The number of hydrogen-bond donors (Lipinski definition) is 5. The van der Waals surface area contributed by atoms with Crippen molar-refractivity contribution in [1.29, 1.82) is 0 Å². The largest absolute Gasteiger partial charge is 0.445 e. The van der Waals surface area contributed by atoms with Gasteiger partial charge in [-0.2, -0.15) is 10.2 Å². The monoisotopic (exact) mass is 511 g/mol. The summed E-state index contributed by atoms with van der Waals surface area (Å²) >= 11 is 0. The Morgan fingerprint density at radius 2 is 1.58 bits per heavy atom. The van der Waals surface area contributed by atoms with Gasteiger partial charge in [0.1, 0.15) is 5.52 Å². The highest BCUT2D eigenvalue weighted by atomic mass is 16.3. The van der Waals surface area contributed by atoms with E-state index in [1.165, 1.54) is 6.07 Å². The molecule has 0 aliphatic heterocycles. The maximum absolute atomic E-state index is 13.1. The van der Waals surface area contributed by atoms with E-state index in [-0.39, 0.29) is 28.4 Å². The number of benzene rings is 2. The highest BCUT2D eigenvalue weighted by Crippen LogP contribution is 2.27. The second kappa shape index (κ2) is 9.69. The van der Waals surface area contributed by atoms with Gasteiger partial charge in [-0.25, -0.2) is 0 Å². The van der Waals surface area contributed by atoms with E-state index >= 15 is 0 Å². The lowest BCUT2D eigenvalue weighted by Gasteiger charge is -2.26. The Kier molecular flexibility index (Phi) is 6.25. The van der Waals surface area contributed by atoms with Gasteiger partial charge < -0.3 is 20.4 Å². The van der Waals surface area contributed by atoms with Gasteiger partial charge in [0.15, 0.2) is 22.9 Å². The average Bonchev–Trinajstić information content (AvgIpc) is 3.62. The summed E-state index contributed by atoms with van der Waals surface area (Å²) in [5.41, 5.74) is 2.39. The van der Waals surface area contributed by atoms with Crippen molar-refractivity contribution in [2.75, 3.05) is 10.6 Å². The molecule has 5 aromatic rings. The third-order valence-corrected chi connectivity index (χ3v) is 5.97. The van der Waals surface area contributed by atoms with Crippen LogP contribution in [0.4, 0.5) is 11.5 Å². The van der Waals surface area contributed by atoms with Crippen molar-refractivity contribution < 1.29 is 18.8 Å². The zero-order valence-corrected chi connectivity index (χ0v) is 20.9. The Hall–Kier alpha value is -5.19. The molecule has 3 aromatic heterocycles. The van der Waals surface area contributed by atoms with Gasteiger partial charge in [0, 0.05) is 11.8 Å². The van der Waals surface area contributed by atoms with Crippen molar-refractivity contribution in [3.8, 4) is 0 Å². The number of para-hydroxylation sites is 1. The van der Waals surface area contributed by atoms with Crippen molar-refractivity contribution in [1.82, 2.24) is 25.7 Å². The third-order valence-electron chi connectivity index (χ3n) is 5.97. The molecule has 2 aromatic carbocycles. The number of furan rings is 1. The van der Waals surface area contributed by atoms with Gasteiger partial charge in [-0.05, 0) is 44.5 Å². The highest BCUT2D eigenvalue weighted by molar-refractivity contribution is 6.13. The van der Waals surface area contributed by atoms with E-state index < -0.39 is 23.3 Å². The maximum atomic E-state index is 13.1. The molecule has 0 bridgehead atoms. The predicted octanol–water partition coefficient (Wildman–Crippen LogP) is 4.36. The van der Waals surface area contributed by atoms with Crippen LogP contribution in [-0.2, 0) is 5.54 Å². The first kappa shape index (κ1) is 24.5. The number of amides is 3. The molecule has 0 aliphatic carbocycles. The molecule has 0 unspecified atom stereocenters. The molecule has 0 saturated carbocycles. The number of anilines is 2. The van der Waals surface area contributed by atoms with Crippen LogP contribution in [0.3, 0.4) is 0 Å².